The maximum Gasteiger partial charge on any atom is 0.433 e. The second-order valence-corrected chi connectivity index (χ2v) is 8.82. The number of carboxylic acid groups (broad SMARTS) is 1. The molecule has 3 rings (SSSR count). The van der Waals surface area contributed by atoms with Gasteiger partial charge in [-0.15, -0.1) is 0 Å². The zero-order chi connectivity index (χ0) is 29.1. The fraction of sp³-hybridized carbons (Fsp3) is 0.320. The van der Waals surface area contributed by atoms with Crippen molar-refractivity contribution in [3.8, 4) is 0 Å². The predicted octanol–water partition coefficient (Wildman–Crippen LogP) is 3.84. The van der Waals surface area contributed by atoms with Gasteiger partial charge in [0.05, 0.1) is 29.8 Å². The number of carbonyl (C=O) groups excluding carboxylic acids is 1. The average molecular weight is 558 g/mol. The minimum absolute atomic E-state index is 0.0469. The summed E-state index contributed by atoms with van der Waals surface area (Å²) in [6.45, 7) is 0.364. The Hall–Kier alpha value is -4.07. The van der Waals surface area contributed by atoms with Crippen LogP contribution in [0.4, 0.5) is 26.3 Å². The first-order valence-corrected chi connectivity index (χ1v) is 11.4. The smallest absolute Gasteiger partial charge is 0.433 e. The highest BCUT2D eigenvalue weighted by Crippen LogP contribution is 2.31. The molecule has 0 spiro atoms. The Balaban J connectivity index is 2.00. The molecule has 1 aliphatic rings. The van der Waals surface area contributed by atoms with Gasteiger partial charge in [-0.1, -0.05) is 24.3 Å². The molecule has 8 nitrogen and oxygen atoms in total. The SMILES string of the molecule is CC(NC(=O)/C(C(=N)C(F)(F)F)=C1/NC(CO)CN1Cc1cccc(C(F)(F)F)c1)c1ccc(C(=O)O)cc1. The van der Waals surface area contributed by atoms with Gasteiger partial charge in [-0.3, -0.25) is 10.2 Å². The average Bonchev–Trinajstić information content (AvgIpc) is 3.25. The number of halogens is 6. The number of hydrogen-bond acceptors (Lipinski definition) is 6. The summed E-state index contributed by atoms with van der Waals surface area (Å²) in [6, 6.07) is 7.58. The lowest BCUT2D eigenvalue weighted by molar-refractivity contribution is -0.137. The molecule has 1 fully saturated rings. The van der Waals surface area contributed by atoms with Crippen LogP contribution in [0.2, 0.25) is 0 Å². The van der Waals surface area contributed by atoms with Crippen LogP contribution < -0.4 is 10.6 Å². The number of hydrogen-bond donors (Lipinski definition) is 5. The lowest BCUT2D eigenvalue weighted by Crippen LogP contribution is -2.39. The molecule has 1 aliphatic heterocycles. The fourth-order valence-electron chi connectivity index (χ4n) is 3.98. The van der Waals surface area contributed by atoms with E-state index in [0.717, 1.165) is 23.1 Å². The van der Waals surface area contributed by atoms with Crippen molar-refractivity contribution in [2.45, 2.75) is 37.9 Å². The zero-order valence-electron chi connectivity index (χ0n) is 20.3. The summed E-state index contributed by atoms with van der Waals surface area (Å²) in [5.41, 5.74) is -3.69. The number of carbonyl (C=O) groups is 2. The van der Waals surface area contributed by atoms with Crippen LogP contribution in [0.25, 0.3) is 0 Å². The first-order chi connectivity index (χ1) is 18.1. The topological polar surface area (TPSA) is 126 Å². The van der Waals surface area contributed by atoms with Gasteiger partial charge in [0.15, 0.2) is 5.71 Å². The number of aliphatic hydroxyl groups excluding tert-OH is 1. The maximum atomic E-state index is 13.7. The number of alkyl halides is 6. The highest BCUT2D eigenvalue weighted by molar-refractivity contribution is 6.23. The monoisotopic (exact) mass is 558 g/mol. The van der Waals surface area contributed by atoms with E-state index in [9.17, 15) is 41.0 Å². The van der Waals surface area contributed by atoms with Crippen molar-refractivity contribution in [1.82, 2.24) is 15.5 Å². The summed E-state index contributed by atoms with van der Waals surface area (Å²) in [5, 5.41) is 31.3. The van der Waals surface area contributed by atoms with E-state index in [2.05, 4.69) is 10.6 Å². The number of nitrogens with one attached hydrogen (secondary N) is 3. The van der Waals surface area contributed by atoms with Crippen molar-refractivity contribution < 1.29 is 46.1 Å². The maximum absolute atomic E-state index is 13.7. The highest BCUT2D eigenvalue weighted by Gasteiger charge is 2.43. The van der Waals surface area contributed by atoms with E-state index in [1.807, 2.05) is 0 Å². The van der Waals surface area contributed by atoms with Crippen LogP contribution in [-0.2, 0) is 17.5 Å². The fourth-order valence-corrected chi connectivity index (χ4v) is 3.98. The molecule has 2 unspecified atom stereocenters. The summed E-state index contributed by atoms with van der Waals surface area (Å²) in [5.74, 6) is -2.97. The summed E-state index contributed by atoms with van der Waals surface area (Å²) >= 11 is 0. The van der Waals surface area contributed by atoms with Crippen molar-refractivity contribution in [3.05, 3.63) is 82.2 Å². The van der Waals surface area contributed by atoms with E-state index in [-0.39, 0.29) is 24.2 Å². The zero-order valence-corrected chi connectivity index (χ0v) is 20.3. The molecule has 0 radical (unpaired) electrons. The molecule has 0 saturated carbocycles. The van der Waals surface area contributed by atoms with E-state index in [0.29, 0.717) is 5.56 Å². The molecule has 5 N–H and O–H groups in total. The Kier molecular flexibility index (Phi) is 8.58. The molecule has 0 aliphatic carbocycles. The van der Waals surface area contributed by atoms with Crippen molar-refractivity contribution in [2.75, 3.05) is 13.2 Å². The molecule has 1 heterocycles. The van der Waals surface area contributed by atoms with Crippen LogP contribution in [0, 0.1) is 5.41 Å². The van der Waals surface area contributed by atoms with Crippen molar-refractivity contribution >= 4 is 17.6 Å². The van der Waals surface area contributed by atoms with Crippen LogP contribution in [0.3, 0.4) is 0 Å². The second-order valence-electron chi connectivity index (χ2n) is 8.82. The molecule has 0 aromatic heterocycles. The molecular formula is C25H24F6N4O4. The van der Waals surface area contributed by atoms with E-state index in [1.54, 1.807) is 0 Å². The molecule has 1 amide bonds. The Bertz CT molecular complexity index is 1270. The van der Waals surface area contributed by atoms with Gasteiger partial charge in [-0.05, 0) is 42.3 Å². The Morgan fingerprint density at radius 2 is 1.77 bits per heavy atom. The number of carboxylic acids is 1. The van der Waals surface area contributed by atoms with E-state index in [1.165, 1.54) is 37.3 Å². The highest BCUT2D eigenvalue weighted by atomic mass is 19.4. The Labute approximate surface area is 218 Å². The van der Waals surface area contributed by atoms with Gasteiger partial charge in [0.2, 0.25) is 0 Å². The van der Waals surface area contributed by atoms with Crippen LogP contribution in [0.15, 0.2) is 59.9 Å². The molecule has 210 valence electrons. The number of benzene rings is 2. The molecule has 2 aromatic carbocycles. The van der Waals surface area contributed by atoms with Gasteiger partial charge >= 0.3 is 18.3 Å². The van der Waals surface area contributed by atoms with Gasteiger partial charge in [-0.2, -0.15) is 26.3 Å². The van der Waals surface area contributed by atoms with Gasteiger partial charge < -0.3 is 25.7 Å². The van der Waals surface area contributed by atoms with Crippen LogP contribution in [0.1, 0.15) is 40.0 Å². The molecule has 0 bridgehead atoms. The first kappa shape index (κ1) is 29.5. The van der Waals surface area contributed by atoms with E-state index >= 15 is 0 Å². The van der Waals surface area contributed by atoms with E-state index < -0.39 is 65.6 Å². The minimum atomic E-state index is -5.26. The Morgan fingerprint density at radius 1 is 1.13 bits per heavy atom. The number of nitrogens with zero attached hydrogens (tertiary/aromatic N) is 1. The molecule has 1 saturated heterocycles. The third-order valence-electron chi connectivity index (χ3n) is 5.95. The molecule has 39 heavy (non-hydrogen) atoms. The number of aromatic carboxylic acids is 1. The number of rotatable bonds is 8. The summed E-state index contributed by atoms with van der Waals surface area (Å²) in [6.07, 6.45) is -9.92. The van der Waals surface area contributed by atoms with Gasteiger partial charge in [0, 0.05) is 13.1 Å². The summed E-state index contributed by atoms with van der Waals surface area (Å²) in [7, 11) is 0. The normalized spacial score (nSPS) is 17.8. The van der Waals surface area contributed by atoms with Crippen LogP contribution in [-0.4, -0.2) is 58.1 Å². The van der Waals surface area contributed by atoms with Crippen molar-refractivity contribution in [2.24, 2.45) is 0 Å². The first-order valence-electron chi connectivity index (χ1n) is 11.4. The van der Waals surface area contributed by atoms with Gasteiger partial charge in [0.25, 0.3) is 5.91 Å². The van der Waals surface area contributed by atoms with E-state index in [4.69, 9.17) is 10.5 Å². The van der Waals surface area contributed by atoms with Gasteiger partial charge in [-0.25, -0.2) is 4.79 Å². The molecule has 2 aromatic rings. The lowest BCUT2D eigenvalue weighted by Gasteiger charge is -2.24. The number of aliphatic hydroxyl groups is 1. The summed E-state index contributed by atoms with van der Waals surface area (Å²) in [4.78, 5) is 25.4. The molecule has 14 heteroatoms. The second kappa shape index (κ2) is 11.4. The molecular weight excluding hydrogens is 534 g/mol. The predicted molar refractivity (Wildman–Crippen MR) is 127 cm³/mol. The summed E-state index contributed by atoms with van der Waals surface area (Å²) < 4.78 is 80.6. The number of amides is 1. The van der Waals surface area contributed by atoms with Crippen molar-refractivity contribution in [3.63, 3.8) is 0 Å². The largest absolute Gasteiger partial charge is 0.478 e. The third-order valence-corrected chi connectivity index (χ3v) is 5.95. The van der Waals surface area contributed by atoms with Crippen molar-refractivity contribution in [1.29, 1.82) is 5.41 Å². The lowest BCUT2D eigenvalue weighted by atomic mass is 10.0. The Morgan fingerprint density at radius 3 is 2.31 bits per heavy atom. The van der Waals surface area contributed by atoms with Gasteiger partial charge in [0.1, 0.15) is 11.4 Å². The third kappa shape index (κ3) is 7.07. The minimum Gasteiger partial charge on any atom is -0.478 e. The van der Waals surface area contributed by atoms with Crippen LogP contribution in [0.5, 0.6) is 0 Å². The molecule has 2 atom stereocenters. The quantitative estimate of drug-likeness (QED) is 0.191. The van der Waals surface area contributed by atoms with Crippen LogP contribution >= 0.6 is 0 Å². The standard InChI is InChI=1S/C25H24F6N4O4/c1-13(15-5-7-16(8-6-15)23(38)39)33-22(37)19(20(32)25(29,30)31)21-34-18(12-36)11-35(21)10-14-3-2-4-17(9-14)24(26,27)28/h2-9,13,18,32,34,36H,10-12H2,1H3,(H,33,37)(H,38,39)/b21-19-,32-20?.